The topological polar surface area (TPSA) is 52.7 Å². The van der Waals surface area contributed by atoms with E-state index in [-0.39, 0.29) is 17.9 Å². The van der Waals surface area contributed by atoms with Crippen molar-refractivity contribution < 1.29 is 9.59 Å². The Morgan fingerprint density at radius 1 is 0.800 bits per heavy atom. The van der Waals surface area contributed by atoms with Crippen LogP contribution in [-0.4, -0.2) is 46.4 Å². The highest BCUT2D eigenvalue weighted by molar-refractivity contribution is 5.85. The van der Waals surface area contributed by atoms with E-state index in [1.54, 1.807) is 0 Å². The second-order valence-corrected chi connectivity index (χ2v) is 9.69. The van der Waals surface area contributed by atoms with Crippen molar-refractivity contribution >= 4 is 11.8 Å². The molecule has 0 bridgehead atoms. The molecule has 5 heteroatoms. The molecule has 3 aromatic carbocycles. The highest BCUT2D eigenvalue weighted by Crippen LogP contribution is 2.35. The minimum Gasteiger partial charge on any atom is -0.342 e. The lowest BCUT2D eigenvalue weighted by Gasteiger charge is -2.44. The van der Waals surface area contributed by atoms with Gasteiger partial charge in [0.15, 0.2) is 0 Å². The summed E-state index contributed by atoms with van der Waals surface area (Å²) >= 11 is 0. The second kappa shape index (κ2) is 10.4. The fraction of sp³-hybridized carbons (Fsp3) is 0.333. The van der Waals surface area contributed by atoms with Crippen LogP contribution in [-0.2, 0) is 29.0 Å². The highest BCUT2D eigenvalue weighted by atomic mass is 16.2. The molecular weight excluding hydrogens is 434 g/mol. The molecule has 35 heavy (non-hydrogen) atoms. The third-order valence-electron chi connectivity index (χ3n) is 7.40. The van der Waals surface area contributed by atoms with Gasteiger partial charge in [-0.25, -0.2) is 0 Å². The molecule has 0 radical (unpaired) electrons. The summed E-state index contributed by atoms with van der Waals surface area (Å²) < 4.78 is 0. The van der Waals surface area contributed by atoms with Crippen molar-refractivity contribution in [3.8, 4) is 0 Å². The largest absolute Gasteiger partial charge is 0.342 e. The van der Waals surface area contributed by atoms with Crippen molar-refractivity contribution in [3.05, 3.63) is 108 Å². The summed E-state index contributed by atoms with van der Waals surface area (Å²) in [6.07, 6.45) is 3.44. The molecule has 1 spiro atoms. The Hall–Kier alpha value is -3.44. The SMILES string of the molecule is O=C(CCc1ccccc1)N1CCC2(CC1)NC(Cc1ccccc1)C(=O)N2Cc1ccccc1. The molecule has 2 heterocycles. The summed E-state index contributed by atoms with van der Waals surface area (Å²) in [5.74, 6) is 0.352. The number of benzene rings is 3. The number of nitrogens with zero attached hydrogens (tertiary/aromatic N) is 2. The van der Waals surface area contributed by atoms with Crippen LogP contribution < -0.4 is 5.32 Å². The van der Waals surface area contributed by atoms with Gasteiger partial charge in [0.2, 0.25) is 11.8 Å². The molecule has 3 aromatic rings. The number of likely N-dealkylation sites (tertiary alicyclic amines) is 1. The number of carbonyl (C=O) groups is 2. The number of nitrogens with one attached hydrogen (secondary N) is 1. The van der Waals surface area contributed by atoms with E-state index >= 15 is 0 Å². The molecule has 180 valence electrons. The first-order valence-electron chi connectivity index (χ1n) is 12.6. The molecule has 2 aliphatic rings. The molecule has 1 unspecified atom stereocenters. The first-order chi connectivity index (χ1) is 17.1. The van der Waals surface area contributed by atoms with Gasteiger partial charge in [-0.15, -0.1) is 0 Å². The van der Waals surface area contributed by atoms with E-state index in [2.05, 4.69) is 41.7 Å². The van der Waals surface area contributed by atoms with Crippen LogP contribution in [0, 0.1) is 0 Å². The van der Waals surface area contributed by atoms with Crippen molar-refractivity contribution in [3.63, 3.8) is 0 Å². The Morgan fingerprint density at radius 2 is 1.34 bits per heavy atom. The summed E-state index contributed by atoms with van der Waals surface area (Å²) in [4.78, 5) is 30.6. The van der Waals surface area contributed by atoms with E-state index in [4.69, 9.17) is 0 Å². The maximum absolute atomic E-state index is 13.6. The number of rotatable bonds is 7. The summed E-state index contributed by atoms with van der Waals surface area (Å²) in [7, 11) is 0. The highest BCUT2D eigenvalue weighted by Gasteiger charge is 2.51. The second-order valence-electron chi connectivity index (χ2n) is 9.69. The van der Waals surface area contributed by atoms with E-state index in [0.29, 0.717) is 32.5 Å². The molecule has 0 saturated carbocycles. The van der Waals surface area contributed by atoms with Gasteiger partial charge in [0, 0.05) is 38.9 Å². The van der Waals surface area contributed by atoms with Gasteiger partial charge in [0.1, 0.15) is 0 Å². The molecule has 1 atom stereocenters. The van der Waals surface area contributed by atoms with Crippen molar-refractivity contribution in [2.75, 3.05) is 13.1 Å². The van der Waals surface area contributed by atoms with Crippen LogP contribution in [0.4, 0.5) is 0 Å². The lowest BCUT2D eigenvalue weighted by atomic mass is 9.94. The molecule has 0 aliphatic carbocycles. The smallest absolute Gasteiger partial charge is 0.241 e. The van der Waals surface area contributed by atoms with Crippen LogP contribution in [0.1, 0.15) is 36.0 Å². The van der Waals surface area contributed by atoms with Gasteiger partial charge in [0.25, 0.3) is 0 Å². The Morgan fingerprint density at radius 3 is 1.94 bits per heavy atom. The van der Waals surface area contributed by atoms with E-state index in [9.17, 15) is 9.59 Å². The van der Waals surface area contributed by atoms with Crippen molar-refractivity contribution in [2.24, 2.45) is 0 Å². The van der Waals surface area contributed by atoms with Gasteiger partial charge in [-0.05, 0) is 29.5 Å². The van der Waals surface area contributed by atoms with E-state index in [1.165, 1.54) is 5.56 Å². The van der Waals surface area contributed by atoms with Gasteiger partial charge in [0.05, 0.1) is 11.7 Å². The number of carbonyl (C=O) groups excluding carboxylic acids is 2. The normalized spacial score (nSPS) is 19.3. The summed E-state index contributed by atoms with van der Waals surface area (Å²) in [5, 5.41) is 3.73. The van der Waals surface area contributed by atoms with Crippen molar-refractivity contribution in [2.45, 2.75) is 50.4 Å². The Bertz CT molecular complexity index is 1130. The molecular formula is C30H33N3O2. The van der Waals surface area contributed by atoms with Crippen LogP contribution in [0.15, 0.2) is 91.0 Å². The van der Waals surface area contributed by atoms with Gasteiger partial charge in [-0.1, -0.05) is 91.0 Å². The van der Waals surface area contributed by atoms with Crippen LogP contribution in [0.25, 0.3) is 0 Å². The quantitative estimate of drug-likeness (QED) is 0.567. The number of hydrogen-bond donors (Lipinski definition) is 1. The average molecular weight is 468 g/mol. The summed E-state index contributed by atoms with van der Waals surface area (Å²) in [6, 6.07) is 30.3. The first kappa shape index (κ1) is 23.3. The zero-order chi connectivity index (χ0) is 24.1. The van der Waals surface area contributed by atoms with E-state index in [0.717, 1.165) is 30.4 Å². The van der Waals surface area contributed by atoms with E-state index in [1.807, 2.05) is 64.4 Å². The minimum atomic E-state index is -0.414. The molecule has 2 saturated heterocycles. The van der Waals surface area contributed by atoms with E-state index < -0.39 is 5.66 Å². The number of amides is 2. The van der Waals surface area contributed by atoms with Gasteiger partial charge < -0.3 is 9.80 Å². The molecule has 5 rings (SSSR count). The lowest BCUT2D eigenvalue weighted by molar-refractivity contribution is -0.137. The monoisotopic (exact) mass is 467 g/mol. The van der Waals surface area contributed by atoms with Crippen molar-refractivity contribution in [1.82, 2.24) is 15.1 Å². The van der Waals surface area contributed by atoms with Crippen LogP contribution in [0.3, 0.4) is 0 Å². The fourth-order valence-corrected chi connectivity index (χ4v) is 5.44. The molecule has 1 N–H and O–H groups in total. The van der Waals surface area contributed by atoms with Crippen LogP contribution >= 0.6 is 0 Å². The Kier molecular flexibility index (Phi) is 6.96. The molecule has 0 aromatic heterocycles. The molecule has 2 amide bonds. The third-order valence-corrected chi connectivity index (χ3v) is 7.40. The first-order valence-corrected chi connectivity index (χ1v) is 12.6. The fourth-order valence-electron chi connectivity index (χ4n) is 5.44. The predicted molar refractivity (Wildman–Crippen MR) is 137 cm³/mol. The zero-order valence-corrected chi connectivity index (χ0v) is 20.1. The maximum atomic E-state index is 13.6. The minimum absolute atomic E-state index is 0.154. The zero-order valence-electron chi connectivity index (χ0n) is 20.1. The molecule has 2 fully saturated rings. The number of hydrogen-bond acceptors (Lipinski definition) is 3. The van der Waals surface area contributed by atoms with Crippen molar-refractivity contribution in [1.29, 1.82) is 0 Å². The molecule has 5 nitrogen and oxygen atoms in total. The Balaban J connectivity index is 1.28. The lowest BCUT2D eigenvalue weighted by Crippen LogP contribution is -2.59. The maximum Gasteiger partial charge on any atom is 0.241 e. The number of aryl methyl sites for hydroxylation is 1. The summed E-state index contributed by atoms with van der Waals surface area (Å²) in [5.41, 5.74) is 3.06. The van der Waals surface area contributed by atoms with Gasteiger partial charge >= 0.3 is 0 Å². The third kappa shape index (κ3) is 5.30. The standard InChI is InChI=1S/C30H33N3O2/c34-28(17-16-24-10-4-1-5-11-24)32-20-18-30(19-21-32)31-27(22-25-12-6-2-7-13-25)29(35)33(30)23-26-14-8-3-9-15-26/h1-15,27,31H,16-23H2. The molecule has 2 aliphatic heterocycles. The van der Waals surface area contributed by atoms with Crippen LogP contribution in [0.2, 0.25) is 0 Å². The number of piperidine rings is 1. The average Bonchev–Trinajstić information content (AvgIpc) is 3.14. The Labute approximate surface area is 207 Å². The van der Waals surface area contributed by atoms with Crippen LogP contribution in [0.5, 0.6) is 0 Å². The predicted octanol–water partition coefficient (Wildman–Crippen LogP) is 4.18. The summed E-state index contributed by atoms with van der Waals surface area (Å²) in [6.45, 7) is 1.91. The van der Waals surface area contributed by atoms with Gasteiger partial charge in [-0.2, -0.15) is 0 Å². The van der Waals surface area contributed by atoms with Gasteiger partial charge in [-0.3, -0.25) is 14.9 Å².